The van der Waals surface area contributed by atoms with Crippen LogP contribution in [-0.2, 0) is 6.42 Å². The van der Waals surface area contributed by atoms with E-state index >= 15 is 0 Å². The number of hydrogen-bond acceptors (Lipinski definition) is 3. The van der Waals surface area contributed by atoms with Crippen molar-refractivity contribution in [2.45, 2.75) is 19.8 Å². The minimum Gasteiger partial charge on any atom is -0.268 e. The molecule has 0 atom stereocenters. The van der Waals surface area contributed by atoms with Gasteiger partial charge in [-0.1, -0.05) is 13.3 Å². The van der Waals surface area contributed by atoms with Gasteiger partial charge in [0.25, 0.3) is 5.56 Å². The molecule has 4 heteroatoms. The topological polar surface area (TPSA) is 47.8 Å². The van der Waals surface area contributed by atoms with E-state index in [2.05, 4.69) is 16.9 Å². The summed E-state index contributed by atoms with van der Waals surface area (Å²) in [4.78, 5) is 20.8. The molecule has 0 saturated carbocycles. The molecule has 3 aromatic rings. The third kappa shape index (κ3) is 2.20. The Morgan fingerprint density at radius 2 is 2.10 bits per heavy atom. The van der Waals surface area contributed by atoms with Gasteiger partial charge in [-0.2, -0.15) is 0 Å². The average molecular weight is 265 g/mol. The first kappa shape index (κ1) is 12.5. The van der Waals surface area contributed by atoms with Gasteiger partial charge >= 0.3 is 0 Å². The molecule has 0 aromatic carbocycles. The molecule has 3 rings (SSSR count). The van der Waals surface area contributed by atoms with Gasteiger partial charge in [0.2, 0.25) is 0 Å². The molecule has 0 spiro atoms. The van der Waals surface area contributed by atoms with Crippen LogP contribution in [-0.4, -0.2) is 14.5 Å². The standard InChI is InChI=1S/C16H15N3O/c1-2-3-12-4-8-18-15(10-12)19-9-6-13-11-17-7-5-14(13)16(19)20/h4-11H,2-3H2,1H3. The van der Waals surface area contributed by atoms with Crippen LogP contribution in [0.4, 0.5) is 0 Å². The molecule has 0 fully saturated rings. The fourth-order valence-electron chi connectivity index (χ4n) is 2.30. The minimum atomic E-state index is -0.0638. The molecule has 3 aromatic heterocycles. The number of aryl methyl sites for hydroxylation is 1. The summed E-state index contributed by atoms with van der Waals surface area (Å²) in [6.45, 7) is 2.13. The molecule has 100 valence electrons. The van der Waals surface area contributed by atoms with Gasteiger partial charge in [0.1, 0.15) is 5.82 Å². The van der Waals surface area contributed by atoms with E-state index in [1.54, 1.807) is 35.4 Å². The number of nitrogens with zero attached hydrogens (tertiary/aromatic N) is 3. The SMILES string of the molecule is CCCc1ccnc(-n2ccc3cnccc3c2=O)c1. The van der Waals surface area contributed by atoms with Crippen LogP contribution in [0.25, 0.3) is 16.6 Å². The lowest BCUT2D eigenvalue weighted by molar-refractivity contribution is 0.898. The van der Waals surface area contributed by atoms with Gasteiger partial charge in [-0.3, -0.25) is 14.3 Å². The molecule has 0 radical (unpaired) electrons. The summed E-state index contributed by atoms with van der Waals surface area (Å²) in [7, 11) is 0. The van der Waals surface area contributed by atoms with Crippen LogP contribution in [0.3, 0.4) is 0 Å². The van der Waals surface area contributed by atoms with Crippen molar-refractivity contribution in [3.05, 3.63) is 65.0 Å². The lowest BCUT2D eigenvalue weighted by Crippen LogP contribution is -2.18. The zero-order chi connectivity index (χ0) is 13.9. The maximum Gasteiger partial charge on any atom is 0.264 e. The van der Waals surface area contributed by atoms with Crippen molar-refractivity contribution in [3.63, 3.8) is 0 Å². The number of pyridine rings is 3. The second kappa shape index (κ2) is 5.25. The molecule has 0 amide bonds. The van der Waals surface area contributed by atoms with Gasteiger partial charge in [0.05, 0.1) is 5.39 Å². The molecule has 0 saturated heterocycles. The second-order valence-electron chi connectivity index (χ2n) is 4.73. The summed E-state index contributed by atoms with van der Waals surface area (Å²) >= 11 is 0. The normalized spacial score (nSPS) is 10.8. The highest BCUT2D eigenvalue weighted by Crippen LogP contribution is 2.11. The molecular formula is C16H15N3O. The van der Waals surface area contributed by atoms with E-state index in [1.165, 1.54) is 5.56 Å². The molecule has 0 N–H and O–H groups in total. The number of hydrogen-bond donors (Lipinski definition) is 0. The van der Waals surface area contributed by atoms with Crippen molar-refractivity contribution in [2.24, 2.45) is 0 Å². The molecule has 0 bridgehead atoms. The maximum absolute atomic E-state index is 12.5. The molecule has 3 heterocycles. The van der Waals surface area contributed by atoms with Crippen molar-refractivity contribution in [3.8, 4) is 5.82 Å². The third-order valence-corrected chi connectivity index (χ3v) is 3.30. The zero-order valence-electron chi connectivity index (χ0n) is 11.3. The Morgan fingerprint density at radius 1 is 1.20 bits per heavy atom. The van der Waals surface area contributed by atoms with Crippen LogP contribution < -0.4 is 5.56 Å². The summed E-state index contributed by atoms with van der Waals surface area (Å²) in [6, 6.07) is 7.59. The molecular weight excluding hydrogens is 250 g/mol. The fraction of sp³-hybridized carbons (Fsp3) is 0.188. The lowest BCUT2D eigenvalue weighted by Gasteiger charge is -2.07. The van der Waals surface area contributed by atoms with Gasteiger partial charge in [-0.15, -0.1) is 0 Å². The lowest BCUT2D eigenvalue weighted by atomic mass is 10.1. The molecule has 4 nitrogen and oxygen atoms in total. The minimum absolute atomic E-state index is 0.0638. The van der Waals surface area contributed by atoms with Gasteiger partial charge in [-0.05, 0) is 36.2 Å². The van der Waals surface area contributed by atoms with E-state index in [0.717, 1.165) is 18.2 Å². The summed E-state index contributed by atoms with van der Waals surface area (Å²) < 4.78 is 1.58. The van der Waals surface area contributed by atoms with Gasteiger partial charge < -0.3 is 0 Å². The van der Waals surface area contributed by atoms with Crippen LogP contribution in [0, 0.1) is 0 Å². The van der Waals surface area contributed by atoms with Crippen LogP contribution in [0.2, 0.25) is 0 Å². The van der Waals surface area contributed by atoms with Crippen LogP contribution in [0.15, 0.2) is 53.8 Å². The van der Waals surface area contributed by atoms with Crippen molar-refractivity contribution in [2.75, 3.05) is 0 Å². The molecule has 0 aliphatic heterocycles. The van der Waals surface area contributed by atoms with E-state index in [4.69, 9.17) is 0 Å². The van der Waals surface area contributed by atoms with Crippen molar-refractivity contribution in [1.29, 1.82) is 0 Å². The first-order valence-corrected chi connectivity index (χ1v) is 6.70. The predicted octanol–water partition coefficient (Wildman–Crippen LogP) is 2.73. The summed E-state index contributed by atoms with van der Waals surface area (Å²) in [5, 5.41) is 1.50. The van der Waals surface area contributed by atoms with Crippen molar-refractivity contribution < 1.29 is 0 Å². The number of aromatic nitrogens is 3. The summed E-state index contributed by atoms with van der Waals surface area (Å²) in [5.74, 6) is 0.666. The van der Waals surface area contributed by atoms with Crippen molar-refractivity contribution in [1.82, 2.24) is 14.5 Å². The van der Waals surface area contributed by atoms with E-state index in [-0.39, 0.29) is 5.56 Å². The Bertz CT molecular complexity index is 808. The molecule has 0 unspecified atom stereocenters. The fourth-order valence-corrected chi connectivity index (χ4v) is 2.30. The van der Waals surface area contributed by atoms with E-state index in [9.17, 15) is 4.79 Å². The smallest absolute Gasteiger partial charge is 0.264 e. The Balaban J connectivity index is 2.17. The Morgan fingerprint density at radius 3 is 2.95 bits per heavy atom. The van der Waals surface area contributed by atoms with Crippen LogP contribution in [0.5, 0.6) is 0 Å². The maximum atomic E-state index is 12.5. The second-order valence-corrected chi connectivity index (χ2v) is 4.73. The predicted molar refractivity (Wildman–Crippen MR) is 79.1 cm³/mol. The molecule has 0 aliphatic carbocycles. The van der Waals surface area contributed by atoms with Crippen LogP contribution in [0.1, 0.15) is 18.9 Å². The third-order valence-electron chi connectivity index (χ3n) is 3.30. The van der Waals surface area contributed by atoms with Crippen LogP contribution >= 0.6 is 0 Å². The highest BCUT2D eigenvalue weighted by Gasteiger charge is 2.06. The van der Waals surface area contributed by atoms with E-state index in [1.807, 2.05) is 18.2 Å². The largest absolute Gasteiger partial charge is 0.268 e. The van der Waals surface area contributed by atoms with E-state index in [0.29, 0.717) is 11.2 Å². The Hall–Kier alpha value is -2.49. The summed E-state index contributed by atoms with van der Waals surface area (Å²) in [6.07, 6.45) is 8.90. The average Bonchev–Trinajstić information content (AvgIpc) is 2.48. The molecule has 20 heavy (non-hydrogen) atoms. The Kier molecular flexibility index (Phi) is 3.29. The monoisotopic (exact) mass is 265 g/mol. The number of fused-ring (bicyclic) bond motifs is 1. The zero-order valence-corrected chi connectivity index (χ0v) is 11.3. The first-order valence-electron chi connectivity index (χ1n) is 6.70. The molecule has 0 aliphatic rings. The van der Waals surface area contributed by atoms with E-state index < -0.39 is 0 Å². The quantitative estimate of drug-likeness (QED) is 0.731. The van der Waals surface area contributed by atoms with Gasteiger partial charge in [-0.25, -0.2) is 4.98 Å². The highest BCUT2D eigenvalue weighted by atomic mass is 16.1. The van der Waals surface area contributed by atoms with Crippen molar-refractivity contribution >= 4 is 10.8 Å². The number of rotatable bonds is 3. The van der Waals surface area contributed by atoms with Gasteiger partial charge in [0, 0.05) is 30.2 Å². The summed E-state index contributed by atoms with van der Waals surface area (Å²) in [5.41, 5.74) is 1.13. The van der Waals surface area contributed by atoms with Gasteiger partial charge in [0.15, 0.2) is 0 Å². The first-order chi connectivity index (χ1) is 9.79. The Labute approximate surface area is 116 Å². The highest BCUT2D eigenvalue weighted by molar-refractivity contribution is 5.80.